The predicted molar refractivity (Wildman–Crippen MR) is 53.3 cm³/mol. The molecule has 4 heteroatoms. The average molecular weight is 198 g/mol. The monoisotopic (exact) mass is 198 g/mol. The van der Waals surface area contributed by atoms with Gasteiger partial charge in [-0.3, -0.25) is 9.59 Å². The van der Waals surface area contributed by atoms with Gasteiger partial charge in [-0.1, -0.05) is 0 Å². The summed E-state index contributed by atoms with van der Waals surface area (Å²) >= 11 is 0. The third-order valence-corrected chi connectivity index (χ3v) is 2.95. The fraction of sp³-hybridized carbons (Fsp3) is 0.800. The predicted octanol–water partition coefficient (Wildman–Crippen LogP) is 0.414. The van der Waals surface area contributed by atoms with E-state index >= 15 is 0 Å². The minimum Gasteiger partial charge on any atom is -0.344 e. The molecule has 0 unspecified atom stereocenters. The van der Waals surface area contributed by atoms with Crippen molar-refractivity contribution in [2.75, 3.05) is 6.67 Å². The highest BCUT2D eigenvalue weighted by atomic mass is 16.2. The first kappa shape index (κ1) is 11.2. The van der Waals surface area contributed by atoms with Crippen molar-refractivity contribution in [2.45, 2.75) is 32.6 Å². The van der Waals surface area contributed by atoms with Gasteiger partial charge in [-0.05, 0) is 32.6 Å². The molecule has 0 aromatic carbocycles. The third-order valence-electron chi connectivity index (χ3n) is 2.95. The number of Topliss-reactive ketones (excluding diaryl/α,β-unsaturated/α-hetero) is 1. The molecule has 0 aromatic rings. The van der Waals surface area contributed by atoms with Crippen LogP contribution in [0, 0.1) is 11.8 Å². The molecule has 1 amide bonds. The van der Waals surface area contributed by atoms with Gasteiger partial charge < -0.3 is 11.1 Å². The van der Waals surface area contributed by atoms with Crippen LogP contribution in [0.5, 0.6) is 0 Å². The lowest BCUT2D eigenvalue weighted by Gasteiger charge is -2.25. The Labute approximate surface area is 84.2 Å². The maximum absolute atomic E-state index is 11.4. The number of hydrogen-bond acceptors (Lipinski definition) is 3. The minimum absolute atomic E-state index is 0.0366. The molecule has 1 aliphatic carbocycles. The first-order chi connectivity index (χ1) is 6.65. The molecule has 1 aliphatic rings. The van der Waals surface area contributed by atoms with Gasteiger partial charge in [0.25, 0.3) is 0 Å². The van der Waals surface area contributed by atoms with E-state index in [-0.39, 0.29) is 30.2 Å². The van der Waals surface area contributed by atoms with E-state index in [1.54, 1.807) is 6.92 Å². The number of amides is 1. The Morgan fingerprint density at radius 1 is 1.21 bits per heavy atom. The molecular formula is C10H18N2O2. The van der Waals surface area contributed by atoms with Crippen LogP contribution in [-0.2, 0) is 9.59 Å². The largest absolute Gasteiger partial charge is 0.344 e. The van der Waals surface area contributed by atoms with E-state index in [9.17, 15) is 9.59 Å². The summed E-state index contributed by atoms with van der Waals surface area (Å²) in [5, 5.41) is 2.61. The summed E-state index contributed by atoms with van der Waals surface area (Å²) in [5.74, 6) is 0.531. The van der Waals surface area contributed by atoms with E-state index in [0.717, 1.165) is 25.7 Å². The fourth-order valence-corrected chi connectivity index (χ4v) is 2.01. The zero-order valence-electron chi connectivity index (χ0n) is 8.58. The molecule has 14 heavy (non-hydrogen) atoms. The van der Waals surface area contributed by atoms with E-state index in [1.807, 2.05) is 0 Å². The maximum Gasteiger partial charge on any atom is 0.224 e. The minimum atomic E-state index is 0.0366. The van der Waals surface area contributed by atoms with Crippen molar-refractivity contribution in [1.82, 2.24) is 5.32 Å². The molecule has 0 spiro atoms. The SMILES string of the molecule is CC(=O)C1CCC(C(=O)NCN)CC1. The summed E-state index contributed by atoms with van der Waals surface area (Å²) in [6.45, 7) is 1.83. The summed E-state index contributed by atoms with van der Waals surface area (Å²) in [7, 11) is 0. The van der Waals surface area contributed by atoms with Gasteiger partial charge in [-0.15, -0.1) is 0 Å². The highest BCUT2D eigenvalue weighted by molar-refractivity contribution is 5.80. The molecule has 0 atom stereocenters. The van der Waals surface area contributed by atoms with Crippen LogP contribution in [0.25, 0.3) is 0 Å². The highest BCUT2D eigenvalue weighted by Crippen LogP contribution is 2.29. The van der Waals surface area contributed by atoms with Crippen molar-refractivity contribution in [3.63, 3.8) is 0 Å². The smallest absolute Gasteiger partial charge is 0.224 e. The van der Waals surface area contributed by atoms with Crippen LogP contribution in [0.4, 0.5) is 0 Å². The molecule has 1 saturated carbocycles. The summed E-state index contributed by atoms with van der Waals surface area (Å²) < 4.78 is 0. The highest BCUT2D eigenvalue weighted by Gasteiger charge is 2.27. The second-order valence-corrected chi connectivity index (χ2v) is 3.90. The van der Waals surface area contributed by atoms with E-state index in [1.165, 1.54) is 0 Å². The normalized spacial score (nSPS) is 27.0. The summed E-state index contributed by atoms with van der Waals surface area (Å²) in [4.78, 5) is 22.5. The summed E-state index contributed by atoms with van der Waals surface area (Å²) in [6, 6.07) is 0. The lowest BCUT2D eigenvalue weighted by atomic mass is 9.80. The average Bonchev–Trinajstić information content (AvgIpc) is 2.18. The molecule has 0 saturated heterocycles. The van der Waals surface area contributed by atoms with E-state index in [0.29, 0.717) is 0 Å². The van der Waals surface area contributed by atoms with Crippen molar-refractivity contribution >= 4 is 11.7 Å². The van der Waals surface area contributed by atoms with E-state index in [2.05, 4.69) is 5.32 Å². The zero-order valence-corrected chi connectivity index (χ0v) is 8.58. The van der Waals surface area contributed by atoms with Crippen LogP contribution < -0.4 is 11.1 Å². The van der Waals surface area contributed by atoms with Crippen LogP contribution in [-0.4, -0.2) is 18.4 Å². The van der Waals surface area contributed by atoms with Gasteiger partial charge in [0.2, 0.25) is 5.91 Å². The number of carbonyl (C=O) groups is 2. The lowest BCUT2D eigenvalue weighted by Crippen LogP contribution is -2.37. The topological polar surface area (TPSA) is 72.2 Å². The molecule has 0 aromatic heterocycles. The van der Waals surface area contributed by atoms with Gasteiger partial charge in [0.05, 0.1) is 6.67 Å². The van der Waals surface area contributed by atoms with Crippen molar-refractivity contribution in [3.8, 4) is 0 Å². The van der Waals surface area contributed by atoms with Crippen molar-refractivity contribution < 1.29 is 9.59 Å². The molecule has 1 fully saturated rings. The zero-order chi connectivity index (χ0) is 10.6. The molecule has 0 radical (unpaired) electrons. The summed E-state index contributed by atoms with van der Waals surface area (Å²) in [6.07, 6.45) is 3.32. The Morgan fingerprint density at radius 2 is 1.71 bits per heavy atom. The van der Waals surface area contributed by atoms with Gasteiger partial charge in [0.1, 0.15) is 5.78 Å². The van der Waals surface area contributed by atoms with Gasteiger partial charge in [-0.2, -0.15) is 0 Å². The molecule has 1 rings (SSSR count). The Bertz CT molecular complexity index is 220. The summed E-state index contributed by atoms with van der Waals surface area (Å²) in [5.41, 5.74) is 5.23. The van der Waals surface area contributed by atoms with Gasteiger partial charge in [0, 0.05) is 11.8 Å². The molecule has 80 valence electrons. The van der Waals surface area contributed by atoms with Crippen molar-refractivity contribution in [2.24, 2.45) is 17.6 Å². The number of nitrogens with one attached hydrogen (secondary N) is 1. The van der Waals surface area contributed by atoms with Crippen LogP contribution in [0.2, 0.25) is 0 Å². The Kier molecular flexibility index (Phi) is 4.07. The second kappa shape index (κ2) is 5.10. The standard InChI is InChI=1S/C10H18N2O2/c1-7(13)8-2-4-9(5-3-8)10(14)12-6-11/h8-9H,2-6,11H2,1H3,(H,12,14). The fourth-order valence-electron chi connectivity index (χ4n) is 2.01. The van der Waals surface area contributed by atoms with Crippen LogP contribution in [0.1, 0.15) is 32.6 Å². The van der Waals surface area contributed by atoms with Crippen LogP contribution >= 0.6 is 0 Å². The Morgan fingerprint density at radius 3 is 2.14 bits per heavy atom. The third kappa shape index (κ3) is 2.80. The second-order valence-electron chi connectivity index (χ2n) is 3.90. The molecule has 0 heterocycles. The first-order valence-electron chi connectivity index (χ1n) is 5.13. The number of hydrogen-bond donors (Lipinski definition) is 2. The molecular weight excluding hydrogens is 180 g/mol. The van der Waals surface area contributed by atoms with Crippen molar-refractivity contribution in [1.29, 1.82) is 0 Å². The molecule has 4 nitrogen and oxygen atoms in total. The van der Waals surface area contributed by atoms with Gasteiger partial charge in [-0.25, -0.2) is 0 Å². The molecule has 0 aliphatic heterocycles. The Hall–Kier alpha value is -0.900. The van der Waals surface area contributed by atoms with Crippen LogP contribution in [0.15, 0.2) is 0 Å². The number of ketones is 1. The van der Waals surface area contributed by atoms with Gasteiger partial charge >= 0.3 is 0 Å². The first-order valence-corrected chi connectivity index (χ1v) is 5.13. The lowest BCUT2D eigenvalue weighted by molar-refractivity contribution is -0.128. The quantitative estimate of drug-likeness (QED) is 0.645. The van der Waals surface area contributed by atoms with E-state index in [4.69, 9.17) is 5.73 Å². The van der Waals surface area contributed by atoms with Crippen LogP contribution in [0.3, 0.4) is 0 Å². The maximum atomic E-state index is 11.4. The van der Waals surface area contributed by atoms with E-state index < -0.39 is 0 Å². The Balaban J connectivity index is 2.35. The number of rotatable bonds is 3. The number of nitrogens with two attached hydrogens (primary N) is 1. The van der Waals surface area contributed by atoms with Gasteiger partial charge in [0.15, 0.2) is 0 Å². The number of carbonyl (C=O) groups excluding carboxylic acids is 2. The molecule has 3 N–H and O–H groups in total. The molecule has 0 bridgehead atoms. The van der Waals surface area contributed by atoms with Crippen molar-refractivity contribution in [3.05, 3.63) is 0 Å².